The number of carboxylic acid groups (broad SMARTS) is 1. The first-order chi connectivity index (χ1) is 9.06. The van der Waals surface area contributed by atoms with Crippen molar-refractivity contribution >= 4 is 32.8 Å². The predicted molar refractivity (Wildman–Crippen MR) is 76.4 cm³/mol. The first kappa shape index (κ1) is 12.6. The van der Waals surface area contributed by atoms with E-state index in [-0.39, 0.29) is 0 Å². The molecule has 0 atom stereocenters. The zero-order chi connectivity index (χ0) is 13.6. The molecule has 0 amide bonds. The number of rotatable bonds is 1. The molecule has 19 heavy (non-hydrogen) atoms. The SMILES string of the molecule is CN1CCc2nc3ccc(Br)cc3c(C(=O)O)c2C1. The van der Waals surface area contributed by atoms with Gasteiger partial charge in [0.15, 0.2) is 0 Å². The third kappa shape index (κ3) is 2.13. The topological polar surface area (TPSA) is 53.4 Å². The van der Waals surface area contributed by atoms with Crippen LogP contribution >= 0.6 is 15.9 Å². The quantitative estimate of drug-likeness (QED) is 0.877. The van der Waals surface area contributed by atoms with Crippen molar-refractivity contribution < 1.29 is 9.90 Å². The van der Waals surface area contributed by atoms with Crippen molar-refractivity contribution in [1.82, 2.24) is 9.88 Å². The van der Waals surface area contributed by atoms with E-state index in [9.17, 15) is 9.90 Å². The van der Waals surface area contributed by atoms with E-state index in [1.165, 1.54) is 0 Å². The molecular weight excluding hydrogens is 308 g/mol. The Bertz CT molecular complexity index is 685. The number of benzene rings is 1. The van der Waals surface area contributed by atoms with Crippen molar-refractivity contribution in [3.05, 3.63) is 39.5 Å². The summed E-state index contributed by atoms with van der Waals surface area (Å²) in [7, 11) is 2.00. The minimum atomic E-state index is -0.878. The lowest BCUT2D eigenvalue weighted by atomic mass is 9.96. The molecule has 1 aromatic carbocycles. The number of aromatic nitrogens is 1. The number of fused-ring (bicyclic) bond motifs is 2. The molecule has 4 nitrogen and oxygen atoms in total. The van der Waals surface area contributed by atoms with Gasteiger partial charge in [0.1, 0.15) is 0 Å². The van der Waals surface area contributed by atoms with Crippen LogP contribution in [0, 0.1) is 0 Å². The molecule has 2 heterocycles. The molecular formula is C14H13BrN2O2. The Hall–Kier alpha value is -1.46. The number of carboxylic acids is 1. The first-order valence-corrected chi connectivity index (χ1v) is 6.88. The predicted octanol–water partition coefficient (Wildman–Crippen LogP) is 2.68. The fraction of sp³-hybridized carbons (Fsp3) is 0.286. The summed E-state index contributed by atoms with van der Waals surface area (Å²) in [5, 5.41) is 10.3. The van der Waals surface area contributed by atoms with Gasteiger partial charge in [0.25, 0.3) is 0 Å². The number of hydrogen-bond donors (Lipinski definition) is 1. The van der Waals surface area contributed by atoms with Crippen LogP contribution in [-0.4, -0.2) is 34.6 Å². The summed E-state index contributed by atoms with van der Waals surface area (Å²) < 4.78 is 0.869. The van der Waals surface area contributed by atoms with Crippen LogP contribution in [-0.2, 0) is 13.0 Å². The van der Waals surface area contributed by atoms with E-state index in [1.807, 2.05) is 25.2 Å². The highest BCUT2D eigenvalue weighted by molar-refractivity contribution is 9.10. The molecule has 0 bridgehead atoms. The molecule has 98 valence electrons. The summed E-state index contributed by atoms with van der Waals surface area (Å²) in [6.07, 6.45) is 0.804. The monoisotopic (exact) mass is 320 g/mol. The maximum Gasteiger partial charge on any atom is 0.336 e. The van der Waals surface area contributed by atoms with Gasteiger partial charge in [-0.15, -0.1) is 0 Å². The number of halogens is 1. The molecule has 0 aliphatic carbocycles. The van der Waals surface area contributed by atoms with Crippen molar-refractivity contribution in [2.45, 2.75) is 13.0 Å². The van der Waals surface area contributed by atoms with E-state index >= 15 is 0 Å². The minimum Gasteiger partial charge on any atom is -0.478 e. The highest BCUT2D eigenvalue weighted by atomic mass is 79.9. The number of hydrogen-bond acceptors (Lipinski definition) is 3. The van der Waals surface area contributed by atoms with Gasteiger partial charge >= 0.3 is 5.97 Å². The molecule has 0 unspecified atom stereocenters. The van der Waals surface area contributed by atoms with Crippen LogP contribution in [0.25, 0.3) is 10.9 Å². The van der Waals surface area contributed by atoms with E-state index < -0.39 is 5.97 Å². The van der Waals surface area contributed by atoms with Gasteiger partial charge in [-0.25, -0.2) is 4.79 Å². The second kappa shape index (κ2) is 4.58. The van der Waals surface area contributed by atoms with Crippen LogP contribution in [0.1, 0.15) is 21.6 Å². The molecule has 0 radical (unpaired) electrons. The lowest BCUT2D eigenvalue weighted by molar-refractivity contribution is 0.0696. The minimum absolute atomic E-state index is 0.396. The van der Waals surface area contributed by atoms with Gasteiger partial charge < -0.3 is 10.0 Å². The summed E-state index contributed by atoms with van der Waals surface area (Å²) in [4.78, 5) is 18.4. The van der Waals surface area contributed by atoms with Gasteiger partial charge in [0.05, 0.1) is 11.1 Å². The Morgan fingerprint density at radius 1 is 1.47 bits per heavy atom. The Balaban J connectivity index is 2.37. The second-order valence-corrected chi connectivity index (χ2v) is 5.78. The summed E-state index contributed by atoms with van der Waals surface area (Å²) in [6, 6.07) is 5.59. The maximum absolute atomic E-state index is 11.6. The normalized spacial score (nSPS) is 15.5. The Morgan fingerprint density at radius 2 is 2.26 bits per heavy atom. The van der Waals surface area contributed by atoms with Gasteiger partial charge in [0, 0.05) is 40.6 Å². The number of pyridine rings is 1. The Morgan fingerprint density at radius 3 is 3.00 bits per heavy atom. The molecule has 3 rings (SSSR count). The van der Waals surface area contributed by atoms with Crippen LogP contribution in [0.2, 0.25) is 0 Å². The average molecular weight is 321 g/mol. The van der Waals surface area contributed by atoms with Crippen molar-refractivity contribution in [2.24, 2.45) is 0 Å². The van der Waals surface area contributed by atoms with Gasteiger partial charge in [-0.1, -0.05) is 15.9 Å². The first-order valence-electron chi connectivity index (χ1n) is 6.09. The van der Waals surface area contributed by atoms with Crippen LogP contribution < -0.4 is 0 Å². The van der Waals surface area contributed by atoms with Gasteiger partial charge in [-0.2, -0.15) is 0 Å². The molecule has 0 fully saturated rings. The molecule has 2 aromatic rings. The standard InChI is InChI=1S/C14H13BrN2O2/c1-17-5-4-12-10(7-17)13(14(18)19)9-6-8(15)2-3-11(9)16-12/h2-3,6H,4-5,7H2,1H3,(H,18,19). The number of nitrogens with zero attached hydrogens (tertiary/aromatic N) is 2. The maximum atomic E-state index is 11.6. The third-order valence-corrected chi connectivity index (χ3v) is 4.00. The lowest BCUT2D eigenvalue weighted by Gasteiger charge is -2.26. The van der Waals surface area contributed by atoms with Crippen LogP contribution in [0.4, 0.5) is 0 Å². The van der Waals surface area contributed by atoms with E-state index in [2.05, 4.69) is 25.8 Å². The summed E-state index contributed by atoms with van der Waals surface area (Å²) in [6.45, 7) is 1.56. The molecule has 5 heteroatoms. The third-order valence-electron chi connectivity index (χ3n) is 3.51. The number of carbonyl (C=O) groups is 1. The van der Waals surface area contributed by atoms with Crippen LogP contribution in [0.15, 0.2) is 22.7 Å². The van der Waals surface area contributed by atoms with Crippen molar-refractivity contribution in [1.29, 1.82) is 0 Å². The molecule has 1 aromatic heterocycles. The zero-order valence-electron chi connectivity index (χ0n) is 10.5. The summed E-state index contributed by atoms with van der Waals surface area (Å²) in [5.41, 5.74) is 2.92. The van der Waals surface area contributed by atoms with Crippen molar-refractivity contribution in [3.63, 3.8) is 0 Å². The molecule has 1 aliphatic rings. The molecule has 1 N–H and O–H groups in total. The summed E-state index contributed by atoms with van der Waals surface area (Å²) in [5.74, 6) is -0.878. The molecule has 0 saturated carbocycles. The fourth-order valence-corrected chi connectivity index (χ4v) is 2.95. The van der Waals surface area contributed by atoms with Crippen molar-refractivity contribution in [2.75, 3.05) is 13.6 Å². The number of aromatic carboxylic acids is 1. The largest absolute Gasteiger partial charge is 0.478 e. The van der Waals surface area contributed by atoms with Crippen LogP contribution in [0.5, 0.6) is 0 Å². The molecule has 0 saturated heterocycles. The van der Waals surface area contributed by atoms with Crippen molar-refractivity contribution in [3.8, 4) is 0 Å². The smallest absolute Gasteiger partial charge is 0.336 e. The van der Waals surface area contributed by atoms with E-state index in [0.717, 1.165) is 34.2 Å². The van der Waals surface area contributed by atoms with E-state index in [4.69, 9.17) is 0 Å². The molecule has 1 aliphatic heterocycles. The summed E-state index contributed by atoms with van der Waals surface area (Å²) >= 11 is 3.39. The second-order valence-electron chi connectivity index (χ2n) is 4.87. The van der Waals surface area contributed by atoms with Crippen LogP contribution in [0.3, 0.4) is 0 Å². The van der Waals surface area contributed by atoms with Gasteiger partial charge in [0.2, 0.25) is 0 Å². The fourth-order valence-electron chi connectivity index (χ4n) is 2.59. The highest BCUT2D eigenvalue weighted by Gasteiger charge is 2.24. The van der Waals surface area contributed by atoms with Gasteiger partial charge in [-0.3, -0.25) is 4.98 Å². The lowest BCUT2D eigenvalue weighted by Crippen LogP contribution is -2.29. The van der Waals surface area contributed by atoms with E-state index in [1.54, 1.807) is 0 Å². The van der Waals surface area contributed by atoms with E-state index in [0.29, 0.717) is 17.5 Å². The highest BCUT2D eigenvalue weighted by Crippen LogP contribution is 2.29. The Labute approximate surface area is 119 Å². The average Bonchev–Trinajstić information content (AvgIpc) is 2.35. The molecule has 0 spiro atoms. The Kier molecular flexibility index (Phi) is 3.03. The van der Waals surface area contributed by atoms with Gasteiger partial charge in [-0.05, 0) is 25.2 Å². The number of likely N-dealkylation sites (N-methyl/N-ethyl adjacent to an activating group) is 1. The zero-order valence-corrected chi connectivity index (χ0v) is 12.1.